The molecule has 0 saturated carbocycles. The zero-order chi connectivity index (χ0) is 19.5. The minimum atomic E-state index is -0.229. The summed E-state index contributed by atoms with van der Waals surface area (Å²) in [6.45, 7) is 7.92. The highest BCUT2D eigenvalue weighted by Crippen LogP contribution is 2.20. The molecular weight excluding hydrogens is 342 g/mol. The number of amides is 1. The molecule has 0 aromatic carbocycles. The van der Waals surface area contributed by atoms with Gasteiger partial charge in [-0.1, -0.05) is 19.4 Å². The van der Waals surface area contributed by atoms with Gasteiger partial charge in [-0.25, -0.2) is 9.98 Å². The number of nitrogens with one attached hydrogen (secondary N) is 1. The molecule has 0 spiro atoms. The van der Waals surface area contributed by atoms with Gasteiger partial charge in [0.2, 0.25) is 11.8 Å². The molecule has 0 aliphatic carbocycles. The second kappa shape index (κ2) is 11.4. The van der Waals surface area contributed by atoms with E-state index in [0.717, 1.165) is 56.8 Å². The van der Waals surface area contributed by atoms with Crippen molar-refractivity contribution in [2.45, 2.75) is 52.5 Å². The van der Waals surface area contributed by atoms with Gasteiger partial charge >= 0.3 is 0 Å². The lowest BCUT2D eigenvalue weighted by Gasteiger charge is -2.34. The van der Waals surface area contributed by atoms with Crippen LogP contribution in [0, 0.1) is 5.92 Å². The fraction of sp³-hybridized carbons (Fsp3) is 0.650. The molecule has 0 bridgehead atoms. The average Bonchev–Trinajstić information content (AvgIpc) is 2.66. The Balaban J connectivity index is 2.06. The lowest BCUT2D eigenvalue weighted by atomic mass is 9.95. The molecule has 1 aromatic heterocycles. The first-order chi connectivity index (χ1) is 13.1. The molecule has 1 unspecified atom stereocenters. The van der Waals surface area contributed by atoms with Gasteiger partial charge in [0.15, 0.2) is 5.96 Å². The van der Waals surface area contributed by atoms with Gasteiger partial charge in [-0.2, -0.15) is 0 Å². The minimum Gasteiger partial charge on any atom is -0.477 e. The summed E-state index contributed by atoms with van der Waals surface area (Å²) in [5, 5.41) is 3.37. The minimum absolute atomic E-state index is 0.229. The maximum atomic E-state index is 11.3. The number of unbranched alkanes of at least 4 members (excludes halogenated alkanes) is 1. The number of primary amides is 1. The van der Waals surface area contributed by atoms with Gasteiger partial charge in [-0.3, -0.25) is 4.79 Å². The van der Waals surface area contributed by atoms with Gasteiger partial charge in [0, 0.05) is 37.8 Å². The predicted octanol–water partition coefficient (Wildman–Crippen LogP) is 2.31. The van der Waals surface area contributed by atoms with Crippen molar-refractivity contribution in [2.24, 2.45) is 16.6 Å². The molecule has 2 rings (SSSR count). The number of rotatable bonds is 9. The van der Waals surface area contributed by atoms with E-state index in [4.69, 9.17) is 15.5 Å². The van der Waals surface area contributed by atoms with Gasteiger partial charge in [-0.05, 0) is 38.2 Å². The summed E-state index contributed by atoms with van der Waals surface area (Å²) in [6.07, 6.45) is 6.37. The third kappa shape index (κ3) is 7.07. The van der Waals surface area contributed by atoms with Gasteiger partial charge in [-0.15, -0.1) is 0 Å². The highest BCUT2D eigenvalue weighted by Gasteiger charge is 2.23. The molecule has 1 atom stereocenters. The maximum absolute atomic E-state index is 11.3. The van der Waals surface area contributed by atoms with Crippen LogP contribution in [0.15, 0.2) is 23.3 Å². The highest BCUT2D eigenvalue weighted by molar-refractivity contribution is 5.80. The molecule has 1 aromatic rings. The van der Waals surface area contributed by atoms with Gasteiger partial charge in [0.1, 0.15) is 0 Å². The third-order valence-corrected chi connectivity index (χ3v) is 4.63. The second-order valence-electron chi connectivity index (χ2n) is 6.96. The highest BCUT2D eigenvalue weighted by atomic mass is 16.5. The molecule has 1 amide bonds. The molecular formula is C20H33N5O2. The second-order valence-corrected chi connectivity index (χ2v) is 6.96. The average molecular weight is 376 g/mol. The van der Waals surface area contributed by atoms with E-state index in [2.05, 4.69) is 29.0 Å². The van der Waals surface area contributed by atoms with Crippen LogP contribution < -0.4 is 15.8 Å². The van der Waals surface area contributed by atoms with Crippen molar-refractivity contribution >= 4 is 11.9 Å². The van der Waals surface area contributed by atoms with Crippen molar-refractivity contribution in [1.82, 2.24) is 15.2 Å². The number of likely N-dealkylation sites (tertiary alicyclic amines) is 1. The van der Waals surface area contributed by atoms with Crippen LogP contribution in [0.1, 0.15) is 51.5 Å². The summed E-state index contributed by atoms with van der Waals surface area (Å²) in [5.74, 6) is 1.60. The largest absolute Gasteiger partial charge is 0.477 e. The zero-order valence-corrected chi connectivity index (χ0v) is 16.6. The maximum Gasteiger partial charge on any atom is 0.218 e. The summed E-state index contributed by atoms with van der Waals surface area (Å²) in [5.41, 5.74) is 6.36. The van der Waals surface area contributed by atoms with E-state index in [0.29, 0.717) is 31.4 Å². The molecule has 0 radical (unpaired) electrons. The van der Waals surface area contributed by atoms with Crippen molar-refractivity contribution in [1.29, 1.82) is 0 Å². The van der Waals surface area contributed by atoms with Crippen LogP contribution in [-0.4, -0.2) is 48.0 Å². The fourth-order valence-electron chi connectivity index (χ4n) is 3.28. The van der Waals surface area contributed by atoms with Crippen LogP contribution in [0.5, 0.6) is 5.88 Å². The standard InChI is InChI=1S/C20H33N5O2/c1-3-5-12-27-19-17(9-6-10-23-19)14-24-20(22-4-2)25-11-7-8-16(15-25)13-18(21)26/h6,9-10,16H,3-5,7-8,11-15H2,1-2H3,(H2,21,26)(H,22,24). The number of hydrogen-bond acceptors (Lipinski definition) is 4. The number of nitrogens with two attached hydrogens (primary N) is 1. The number of aromatic nitrogens is 1. The van der Waals surface area contributed by atoms with E-state index < -0.39 is 0 Å². The van der Waals surface area contributed by atoms with Gasteiger partial charge in [0.25, 0.3) is 0 Å². The summed E-state index contributed by atoms with van der Waals surface area (Å²) < 4.78 is 5.81. The zero-order valence-electron chi connectivity index (χ0n) is 16.6. The lowest BCUT2D eigenvalue weighted by molar-refractivity contribution is -0.119. The Hall–Kier alpha value is -2.31. The molecule has 150 valence electrons. The number of pyridine rings is 1. The van der Waals surface area contributed by atoms with Crippen LogP contribution in [-0.2, 0) is 11.3 Å². The number of nitrogens with zero attached hydrogens (tertiary/aromatic N) is 3. The predicted molar refractivity (Wildman–Crippen MR) is 108 cm³/mol. The van der Waals surface area contributed by atoms with Crippen LogP contribution in [0.25, 0.3) is 0 Å². The quantitative estimate of drug-likeness (QED) is 0.392. The van der Waals surface area contributed by atoms with Crippen LogP contribution in [0.2, 0.25) is 0 Å². The Bertz CT molecular complexity index is 620. The van der Waals surface area contributed by atoms with E-state index >= 15 is 0 Å². The number of guanidine groups is 1. The Morgan fingerprint density at radius 3 is 3.07 bits per heavy atom. The molecule has 1 saturated heterocycles. The molecule has 1 fully saturated rings. The first-order valence-electron chi connectivity index (χ1n) is 10.0. The molecule has 2 heterocycles. The first-order valence-corrected chi connectivity index (χ1v) is 10.0. The van der Waals surface area contributed by atoms with E-state index in [1.54, 1.807) is 6.20 Å². The molecule has 7 heteroatoms. The topological polar surface area (TPSA) is 92.8 Å². The van der Waals surface area contributed by atoms with Gasteiger partial charge < -0.3 is 20.7 Å². The van der Waals surface area contributed by atoms with E-state index in [1.807, 2.05) is 12.1 Å². The van der Waals surface area contributed by atoms with Crippen molar-refractivity contribution in [3.63, 3.8) is 0 Å². The third-order valence-electron chi connectivity index (χ3n) is 4.63. The number of piperidine rings is 1. The van der Waals surface area contributed by atoms with Gasteiger partial charge in [0.05, 0.1) is 13.2 Å². The molecule has 1 aliphatic rings. The number of ether oxygens (including phenoxy) is 1. The fourth-order valence-corrected chi connectivity index (χ4v) is 3.28. The molecule has 7 nitrogen and oxygen atoms in total. The summed E-state index contributed by atoms with van der Waals surface area (Å²) in [6, 6.07) is 3.92. The van der Waals surface area contributed by atoms with Crippen LogP contribution >= 0.6 is 0 Å². The van der Waals surface area contributed by atoms with Crippen molar-refractivity contribution in [3.8, 4) is 5.88 Å². The van der Waals surface area contributed by atoms with E-state index in [1.165, 1.54) is 0 Å². The number of carbonyl (C=O) groups is 1. The first kappa shape index (κ1) is 21.0. The van der Waals surface area contributed by atoms with Crippen LogP contribution in [0.4, 0.5) is 0 Å². The smallest absolute Gasteiger partial charge is 0.218 e. The van der Waals surface area contributed by atoms with E-state index in [9.17, 15) is 4.79 Å². The van der Waals surface area contributed by atoms with Crippen molar-refractivity contribution in [3.05, 3.63) is 23.9 Å². The summed E-state index contributed by atoms with van der Waals surface area (Å²) in [4.78, 5) is 22.7. The number of aliphatic imine (C=N–C) groups is 1. The summed E-state index contributed by atoms with van der Waals surface area (Å²) >= 11 is 0. The number of carbonyl (C=O) groups excluding carboxylic acids is 1. The SMILES string of the molecule is CCCCOc1ncccc1CN=C(NCC)N1CCCC(CC(N)=O)C1. The summed E-state index contributed by atoms with van der Waals surface area (Å²) in [7, 11) is 0. The lowest BCUT2D eigenvalue weighted by Crippen LogP contribution is -2.47. The molecule has 3 N–H and O–H groups in total. The Labute approximate surface area is 162 Å². The Morgan fingerprint density at radius 2 is 2.33 bits per heavy atom. The van der Waals surface area contributed by atoms with Crippen LogP contribution in [0.3, 0.4) is 0 Å². The Morgan fingerprint density at radius 1 is 1.48 bits per heavy atom. The molecule has 1 aliphatic heterocycles. The normalized spacial score (nSPS) is 17.6. The van der Waals surface area contributed by atoms with Crippen molar-refractivity contribution < 1.29 is 9.53 Å². The number of hydrogen-bond donors (Lipinski definition) is 2. The monoisotopic (exact) mass is 375 g/mol. The van der Waals surface area contributed by atoms with E-state index in [-0.39, 0.29) is 5.91 Å². The molecule has 27 heavy (non-hydrogen) atoms. The Kier molecular flexibility index (Phi) is 8.87. The van der Waals surface area contributed by atoms with Crippen molar-refractivity contribution in [2.75, 3.05) is 26.2 Å².